The second-order valence-corrected chi connectivity index (χ2v) is 8.96. The number of amides is 1. The van der Waals surface area contributed by atoms with E-state index < -0.39 is 5.97 Å². The number of halogens is 1. The lowest BCUT2D eigenvalue weighted by atomic mass is 9.91. The highest BCUT2D eigenvalue weighted by Gasteiger charge is 2.30. The fourth-order valence-corrected chi connectivity index (χ4v) is 3.63. The molecule has 1 aliphatic heterocycles. The van der Waals surface area contributed by atoms with Gasteiger partial charge in [-0.1, -0.05) is 44.1 Å². The molecule has 0 aliphatic carbocycles. The van der Waals surface area contributed by atoms with E-state index in [4.69, 9.17) is 16.7 Å². The highest BCUT2D eigenvalue weighted by atomic mass is 35.5. The first-order valence-corrected chi connectivity index (χ1v) is 9.85. The molecule has 1 aromatic rings. The van der Waals surface area contributed by atoms with Gasteiger partial charge in [-0.15, -0.1) is 0 Å². The van der Waals surface area contributed by atoms with Crippen molar-refractivity contribution in [1.29, 1.82) is 0 Å². The van der Waals surface area contributed by atoms with E-state index in [2.05, 4.69) is 35.6 Å². The smallest absolute Gasteiger partial charge is 0.313 e. The molecule has 0 bridgehead atoms. The molecule has 0 radical (unpaired) electrons. The Morgan fingerprint density at radius 1 is 1.35 bits per heavy atom. The Balaban J connectivity index is 2.06. The summed E-state index contributed by atoms with van der Waals surface area (Å²) in [6.45, 7) is 10.1. The monoisotopic (exact) mass is 400 g/mol. The van der Waals surface area contributed by atoms with Gasteiger partial charge in [0.25, 0.3) is 0 Å². The van der Waals surface area contributed by atoms with Crippen molar-refractivity contribution in [2.24, 2.45) is 5.41 Å². The van der Waals surface area contributed by atoms with Gasteiger partial charge in [-0.25, -0.2) is 9.97 Å². The Morgan fingerprint density at radius 2 is 2.04 bits per heavy atom. The fourth-order valence-electron chi connectivity index (χ4n) is 2.83. The Kier molecular flexibility index (Phi) is 6.74. The molecule has 2 heterocycles. The topological polar surface area (TPSA) is 86.6 Å². The van der Waals surface area contributed by atoms with Gasteiger partial charge in [0, 0.05) is 38.2 Å². The van der Waals surface area contributed by atoms with Crippen LogP contribution in [-0.4, -0.2) is 63.3 Å². The lowest BCUT2D eigenvalue weighted by Gasteiger charge is -2.41. The molecule has 9 heteroatoms. The summed E-state index contributed by atoms with van der Waals surface area (Å²) in [6.07, 6.45) is 0.520. The van der Waals surface area contributed by atoms with E-state index in [1.54, 1.807) is 6.07 Å². The van der Waals surface area contributed by atoms with Crippen molar-refractivity contribution < 1.29 is 14.7 Å². The molecule has 1 atom stereocenters. The maximum atomic E-state index is 12.5. The van der Waals surface area contributed by atoms with Crippen molar-refractivity contribution >= 4 is 41.1 Å². The first-order chi connectivity index (χ1) is 12.0. The summed E-state index contributed by atoms with van der Waals surface area (Å²) >= 11 is 7.11. The van der Waals surface area contributed by atoms with Crippen LogP contribution in [0.15, 0.2) is 11.2 Å². The maximum Gasteiger partial charge on any atom is 0.313 e. The quantitative estimate of drug-likeness (QED) is 0.462. The van der Waals surface area contributed by atoms with Gasteiger partial charge in [0.2, 0.25) is 5.91 Å². The second kappa shape index (κ2) is 8.43. The number of carbonyl (C=O) groups is 2. The van der Waals surface area contributed by atoms with E-state index in [-0.39, 0.29) is 28.3 Å². The number of carboxylic acids is 1. The van der Waals surface area contributed by atoms with E-state index in [1.165, 1.54) is 0 Å². The molecule has 1 aromatic heterocycles. The van der Waals surface area contributed by atoms with Crippen molar-refractivity contribution in [3.8, 4) is 0 Å². The van der Waals surface area contributed by atoms with E-state index in [9.17, 15) is 9.59 Å². The number of carbonyl (C=O) groups excluding carboxylic acids is 1. The number of hydrogen-bond donors (Lipinski definition) is 1. The zero-order valence-electron chi connectivity index (χ0n) is 15.5. The molecule has 0 unspecified atom stereocenters. The third kappa shape index (κ3) is 6.02. The van der Waals surface area contributed by atoms with Gasteiger partial charge in [-0.05, 0) is 12.3 Å². The average Bonchev–Trinajstić information content (AvgIpc) is 2.50. The van der Waals surface area contributed by atoms with E-state index in [0.717, 1.165) is 11.8 Å². The molecule has 7 nitrogen and oxygen atoms in total. The van der Waals surface area contributed by atoms with Crippen LogP contribution in [0.5, 0.6) is 0 Å². The Morgan fingerprint density at radius 3 is 2.62 bits per heavy atom. The van der Waals surface area contributed by atoms with Crippen LogP contribution in [0.3, 0.4) is 0 Å². The Bertz CT molecular complexity index is 680. The van der Waals surface area contributed by atoms with Crippen molar-refractivity contribution in [2.45, 2.75) is 45.3 Å². The molecule has 1 saturated heterocycles. The van der Waals surface area contributed by atoms with Crippen molar-refractivity contribution in [1.82, 2.24) is 14.9 Å². The van der Waals surface area contributed by atoms with Gasteiger partial charge in [-0.3, -0.25) is 9.59 Å². The molecule has 2 rings (SSSR count). The van der Waals surface area contributed by atoms with Gasteiger partial charge in [-0.2, -0.15) is 0 Å². The summed E-state index contributed by atoms with van der Waals surface area (Å²) in [4.78, 5) is 35.7. The van der Waals surface area contributed by atoms with E-state index >= 15 is 0 Å². The molecule has 1 amide bonds. The van der Waals surface area contributed by atoms with Crippen LogP contribution in [0.4, 0.5) is 5.82 Å². The lowest BCUT2D eigenvalue weighted by Crippen LogP contribution is -2.54. The summed E-state index contributed by atoms with van der Waals surface area (Å²) in [7, 11) is 0. The van der Waals surface area contributed by atoms with Crippen LogP contribution >= 0.6 is 23.4 Å². The predicted molar refractivity (Wildman–Crippen MR) is 103 cm³/mol. The lowest BCUT2D eigenvalue weighted by molar-refractivity contribution is -0.135. The van der Waals surface area contributed by atoms with Crippen LogP contribution < -0.4 is 4.90 Å². The number of aliphatic carboxylic acids is 1. The number of aromatic nitrogens is 2. The average molecular weight is 401 g/mol. The molecular weight excluding hydrogens is 376 g/mol. The minimum atomic E-state index is -0.931. The normalized spacial score (nSPS) is 18.1. The zero-order chi connectivity index (χ0) is 19.5. The van der Waals surface area contributed by atoms with Crippen LogP contribution in [0.2, 0.25) is 5.15 Å². The number of anilines is 1. The highest BCUT2D eigenvalue weighted by molar-refractivity contribution is 7.99. The summed E-state index contributed by atoms with van der Waals surface area (Å²) in [5, 5.41) is 9.42. The van der Waals surface area contributed by atoms with Crippen molar-refractivity contribution in [2.75, 3.05) is 30.3 Å². The Labute approximate surface area is 163 Å². The van der Waals surface area contributed by atoms with Crippen molar-refractivity contribution in [3.63, 3.8) is 0 Å². The van der Waals surface area contributed by atoms with Crippen LogP contribution in [0.1, 0.15) is 34.1 Å². The van der Waals surface area contributed by atoms with Crippen LogP contribution in [0.25, 0.3) is 0 Å². The summed E-state index contributed by atoms with van der Waals surface area (Å²) < 4.78 is 0. The summed E-state index contributed by atoms with van der Waals surface area (Å²) in [6, 6.07) is 1.73. The highest BCUT2D eigenvalue weighted by Crippen LogP contribution is 2.26. The molecule has 1 fully saturated rings. The van der Waals surface area contributed by atoms with E-state index in [0.29, 0.717) is 37.0 Å². The summed E-state index contributed by atoms with van der Waals surface area (Å²) in [5.74, 6) is -0.221. The zero-order valence-corrected chi connectivity index (χ0v) is 17.1. The molecule has 0 aromatic carbocycles. The number of thioether (sulfide) groups is 1. The molecule has 1 N–H and O–H groups in total. The largest absolute Gasteiger partial charge is 0.481 e. The molecular formula is C17H25ClN4O3S. The van der Waals surface area contributed by atoms with Gasteiger partial charge in [0.1, 0.15) is 11.0 Å². The number of hydrogen-bond acceptors (Lipinski definition) is 6. The third-order valence-corrected chi connectivity index (χ3v) is 4.96. The number of nitrogens with zero attached hydrogens (tertiary/aromatic N) is 4. The number of carboxylic acid groups (broad SMARTS) is 1. The second-order valence-electron chi connectivity index (χ2n) is 7.63. The molecule has 144 valence electrons. The minimum Gasteiger partial charge on any atom is -0.481 e. The van der Waals surface area contributed by atoms with Crippen molar-refractivity contribution in [3.05, 3.63) is 11.2 Å². The molecule has 0 spiro atoms. The standard InChI is InChI=1S/C17H25ClN4O3S/c1-11-9-21(5-6-22(11)14(23)8-17(2,3)4)13-7-12(18)19-16(20-13)26-10-15(24)25/h7,11H,5-6,8-10H2,1-4H3,(H,24,25)/t11-/m1/s1. The first-order valence-electron chi connectivity index (χ1n) is 8.49. The minimum absolute atomic E-state index is 0.0373. The fraction of sp³-hybridized carbons (Fsp3) is 0.647. The van der Waals surface area contributed by atoms with Crippen LogP contribution in [0, 0.1) is 5.41 Å². The Hall–Kier alpha value is -1.54. The molecule has 26 heavy (non-hydrogen) atoms. The van der Waals surface area contributed by atoms with Gasteiger partial charge < -0.3 is 14.9 Å². The van der Waals surface area contributed by atoms with Gasteiger partial charge in [0.05, 0.1) is 5.75 Å². The molecule has 0 saturated carbocycles. The number of piperazine rings is 1. The van der Waals surface area contributed by atoms with Gasteiger partial charge in [0.15, 0.2) is 5.16 Å². The summed E-state index contributed by atoms with van der Waals surface area (Å²) in [5.41, 5.74) is -0.0373. The predicted octanol–water partition coefficient (Wildman–Crippen LogP) is 2.78. The first kappa shape index (κ1) is 20.8. The van der Waals surface area contributed by atoms with Crippen LogP contribution in [-0.2, 0) is 9.59 Å². The van der Waals surface area contributed by atoms with Gasteiger partial charge >= 0.3 is 5.97 Å². The molecule has 1 aliphatic rings. The third-order valence-electron chi connectivity index (χ3n) is 3.94. The van der Waals surface area contributed by atoms with E-state index in [1.807, 2.05) is 11.8 Å². The number of rotatable bonds is 5. The SMILES string of the molecule is C[C@@H]1CN(c2cc(Cl)nc(SCC(=O)O)n2)CCN1C(=O)CC(C)(C)C. The maximum absolute atomic E-state index is 12.5.